The van der Waals surface area contributed by atoms with Gasteiger partial charge in [-0.15, -0.1) is 0 Å². The van der Waals surface area contributed by atoms with Crippen LogP contribution in [0, 0.1) is 6.92 Å². The van der Waals surface area contributed by atoms with Crippen molar-refractivity contribution in [1.82, 2.24) is 4.90 Å². The fourth-order valence-corrected chi connectivity index (χ4v) is 2.69. The Kier molecular flexibility index (Phi) is 4.55. The van der Waals surface area contributed by atoms with Crippen LogP contribution in [0.3, 0.4) is 0 Å². The topological polar surface area (TPSA) is 63.0 Å². The number of carbonyl (C=O) groups excluding carboxylic acids is 2. The van der Waals surface area contributed by atoms with Crippen molar-refractivity contribution in [2.75, 3.05) is 25.1 Å². The number of nitrogens with zero attached hydrogens (tertiary/aromatic N) is 2. The fourth-order valence-electron chi connectivity index (χ4n) is 2.69. The van der Waals surface area contributed by atoms with Gasteiger partial charge in [0.25, 0.3) is 5.91 Å². The molecule has 0 unspecified atom stereocenters. The Labute approximate surface area is 140 Å². The number of furan rings is 1. The average molecular weight is 328 g/mol. The standard InChI is InChI=1S/C18H20N2O4/c1-13-7-8-14(24-13)11-19(2)17(21)9-10-20-15-5-3-4-6-16(15)23-12-18(20)22/h3-8H,9-12H2,1-2H3. The van der Waals surface area contributed by atoms with Gasteiger partial charge in [-0.2, -0.15) is 0 Å². The maximum absolute atomic E-state index is 12.3. The largest absolute Gasteiger partial charge is 0.482 e. The summed E-state index contributed by atoms with van der Waals surface area (Å²) in [6.45, 7) is 2.62. The number of fused-ring (bicyclic) bond motifs is 1. The Bertz CT molecular complexity index is 753. The summed E-state index contributed by atoms with van der Waals surface area (Å²) >= 11 is 0. The molecule has 0 atom stereocenters. The van der Waals surface area contributed by atoms with Gasteiger partial charge in [0.2, 0.25) is 5.91 Å². The molecule has 3 rings (SSSR count). The van der Waals surface area contributed by atoms with Gasteiger partial charge in [-0.3, -0.25) is 9.59 Å². The highest BCUT2D eigenvalue weighted by Crippen LogP contribution is 2.31. The summed E-state index contributed by atoms with van der Waals surface area (Å²) < 4.78 is 10.9. The summed E-state index contributed by atoms with van der Waals surface area (Å²) in [6.07, 6.45) is 0.246. The third kappa shape index (κ3) is 3.42. The zero-order chi connectivity index (χ0) is 17.1. The number of hydrogen-bond acceptors (Lipinski definition) is 4. The van der Waals surface area contributed by atoms with Crippen LogP contribution in [0.4, 0.5) is 5.69 Å². The lowest BCUT2D eigenvalue weighted by molar-refractivity contribution is -0.130. The quantitative estimate of drug-likeness (QED) is 0.845. The highest BCUT2D eigenvalue weighted by atomic mass is 16.5. The van der Waals surface area contributed by atoms with Crippen LogP contribution in [0.5, 0.6) is 5.75 Å². The molecule has 1 aromatic carbocycles. The summed E-state index contributed by atoms with van der Waals surface area (Å²) in [5.41, 5.74) is 0.714. The van der Waals surface area contributed by atoms with Crippen molar-refractivity contribution in [2.24, 2.45) is 0 Å². The van der Waals surface area contributed by atoms with Crippen molar-refractivity contribution in [3.05, 3.63) is 47.9 Å². The fraction of sp³-hybridized carbons (Fsp3) is 0.333. The van der Waals surface area contributed by atoms with E-state index in [2.05, 4.69) is 0 Å². The van der Waals surface area contributed by atoms with Gasteiger partial charge in [0, 0.05) is 20.0 Å². The molecule has 24 heavy (non-hydrogen) atoms. The maximum Gasteiger partial charge on any atom is 0.265 e. The molecule has 1 aliphatic rings. The lowest BCUT2D eigenvalue weighted by Gasteiger charge is -2.29. The first-order valence-corrected chi connectivity index (χ1v) is 7.86. The second kappa shape index (κ2) is 6.78. The summed E-state index contributed by atoms with van der Waals surface area (Å²) in [6, 6.07) is 11.1. The minimum Gasteiger partial charge on any atom is -0.482 e. The first kappa shape index (κ1) is 16.1. The van der Waals surface area contributed by atoms with Crippen molar-refractivity contribution in [3.63, 3.8) is 0 Å². The number of anilines is 1. The third-order valence-electron chi connectivity index (χ3n) is 3.97. The van der Waals surface area contributed by atoms with E-state index in [0.717, 1.165) is 11.5 Å². The highest BCUT2D eigenvalue weighted by Gasteiger charge is 2.25. The number of hydrogen-bond donors (Lipinski definition) is 0. The number of rotatable bonds is 5. The van der Waals surface area contributed by atoms with Crippen LogP contribution in [0.1, 0.15) is 17.9 Å². The van der Waals surface area contributed by atoms with E-state index >= 15 is 0 Å². The normalized spacial score (nSPS) is 13.4. The number of aryl methyl sites for hydroxylation is 1. The molecule has 1 aromatic heterocycles. The third-order valence-corrected chi connectivity index (χ3v) is 3.97. The van der Waals surface area contributed by atoms with Crippen LogP contribution in [-0.4, -0.2) is 36.9 Å². The molecule has 0 N–H and O–H groups in total. The monoisotopic (exact) mass is 328 g/mol. The van der Waals surface area contributed by atoms with Crippen LogP contribution in [0.25, 0.3) is 0 Å². The van der Waals surface area contributed by atoms with E-state index in [1.165, 1.54) is 0 Å². The lowest BCUT2D eigenvalue weighted by Crippen LogP contribution is -2.41. The Morgan fingerprint density at radius 3 is 2.79 bits per heavy atom. The molecule has 0 saturated carbocycles. The molecule has 126 valence electrons. The Morgan fingerprint density at radius 1 is 1.25 bits per heavy atom. The second-order valence-corrected chi connectivity index (χ2v) is 5.81. The van der Waals surface area contributed by atoms with Gasteiger partial charge in [0.15, 0.2) is 6.61 Å². The molecule has 0 aliphatic carbocycles. The van der Waals surface area contributed by atoms with E-state index in [0.29, 0.717) is 24.5 Å². The second-order valence-electron chi connectivity index (χ2n) is 5.81. The summed E-state index contributed by atoms with van der Waals surface area (Å²) in [5.74, 6) is 2.06. The van der Waals surface area contributed by atoms with E-state index < -0.39 is 0 Å². The minimum absolute atomic E-state index is 0.00666. The maximum atomic E-state index is 12.3. The average Bonchev–Trinajstić information content (AvgIpc) is 2.98. The lowest BCUT2D eigenvalue weighted by atomic mass is 10.2. The summed E-state index contributed by atoms with van der Waals surface area (Å²) in [5, 5.41) is 0. The van der Waals surface area contributed by atoms with Gasteiger partial charge in [-0.05, 0) is 31.2 Å². The van der Waals surface area contributed by atoms with Crippen LogP contribution >= 0.6 is 0 Å². The van der Waals surface area contributed by atoms with E-state index in [1.807, 2.05) is 43.3 Å². The van der Waals surface area contributed by atoms with E-state index in [9.17, 15) is 9.59 Å². The number of benzene rings is 1. The Morgan fingerprint density at radius 2 is 2.04 bits per heavy atom. The van der Waals surface area contributed by atoms with Gasteiger partial charge in [0.05, 0.1) is 12.2 Å². The number of carbonyl (C=O) groups is 2. The van der Waals surface area contributed by atoms with Crippen molar-refractivity contribution in [2.45, 2.75) is 19.9 Å². The summed E-state index contributed by atoms with van der Waals surface area (Å²) in [4.78, 5) is 27.6. The zero-order valence-electron chi connectivity index (χ0n) is 13.8. The molecule has 0 saturated heterocycles. The molecular weight excluding hydrogens is 308 g/mol. The Balaban J connectivity index is 1.60. The van der Waals surface area contributed by atoms with Crippen LogP contribution in [0.15, 0.2) is 40.8 Å². The first-order valence-electron chi connectivity index (χ1n) is 7.86. The van der Waals surface area contributed by atoms with Gasteiger partial charge >= 0.3 is 0 Å². The van der Waals surface area contributed by atoms with Crippen molar-refractivity contribution in [3.8, 4) is 5.75 Å². The number of ether oxygens (including phenoxy) is 1. The molecule has 2 heterocycles. The van der Waals surface area contributed by atoms with Gasteiger partial charge < -0.3 is 19.0 Å². The van der Waals surface area contributed by atoms with Crippen LogP contribution in [0.2, 0.25) is 0 Å². The first-order chi connectivity index (χ1) is 11.5. The molecular formula is C18H20N2O4. The van der Waals surface area contributed by atoms with Crippen molar-refractivity contribution in [1.29, 1.82) is 0 Å². The van der Waals surface area contributed by atoms with Gasteiger partial charge in [-0.1, -0.05) is 12.1 Å². The Hall–Kier alpha value is -2.76. The van der Waals surface area contributed by atoms with Crippen molar-refractivity contribution < 1.29 is 18.7 Å². The van der Waals surface area contributed by atoms with E-state index in [-0.39, 0.29) is 24.8 Å². The molecule has 0 bridgehead atoms. The SMILES string of the molecule is Cc1ccc(CN(C)C(=O)CCN2C(=O)COc3ccccc32)o1. The molecule has 1 aliphatic heterocycles. The van der Waals surface area contributed by atoms with Crippen LogP contribution in [-0.2, 0) is 16.1 Å². The van der Waals surface area contributed by atoms with Crippen LogP contribution < -0.4 is 9.64 Å². The number of amides is 2. The smallest absolute Gasteiger partial charge is 0.265 e. The molecule has 2 aromatic rings. The molecule has 6 heteroatoms. The van der Waals surface area contributed by atoms with Gasteiger partial charge in [-0.25, -0.2) is 0 Å². The molecule has 0 spiro atoms. The molecule has 6 nitrogen and oxygen atoms in total. The summed E-state index contributed by atoms with van der Waals surface area (Å²) in [7, 11) is 1.73. The molecule has 2 amide bonds. The molecule has 0 fully saturated rings. The predicted octanol–water partition coefficient (Wildman–Crippen LogP) is 2.36. The highest BCUT2D eigenvalue weighted by molar-refractivity contribution is 5.98. The van der Waals surface area contributed by atoms with Gasteiger partial charge in [0.1, 0.15) is 17.3 Å². The zero-order valence-corrected chi connectivity index (χ0v) is 13.8. The predicted molar refractivity (Wildman–Crippen MR) is 88.8 cm³/mol. The van der Waals surface area contributed by atoms with Crippen molar-refractivity contribution >= 4 is 17.5 Å². The number of para-hydroxylation sites is 2. The van der Waals surface area contributed by atoms with E-state index in [1.54, 1.807) is 16.8 Å². The molecule has 0 radical (unpaired) electrons. The van der Waals surface area contributed by atoms with E-state index in [4.69, 9.17) is 9.15 Å². The minimum atomic E-state index is -0.134.